The fraction of sp³-hybridized carbons (Fsp3) is 0.429. The minimum atomic E-state index is -0.484. The van der Waals surface area contributed by atoms with Crippen LogP contribution in [-0.2, 0) is 9.53 Å². The van der Waals surface area contributed by atoms with E-state index < -0.39 is 5.92 Å². The maximum absolute atomic E-state index is 11.2. The number of H-pyrrole nitrogens is 1. The Morgan fingerprint density at radius 2 is 2.62 bits per heavy atom. The number of esters is 1. The predicted molar refractivity (Wildman–Crippen MR) is 50.1 cm³/mol. The Morgan fingerprint density at radius 3 is 3.00 bits per heavy atom. The van der Waals surface area contributed by atoms with Gasteiger partial charge in [0.1, 0.15) is 5.92 Å². The van der Waals surface area contributed by atoms with E-state index in [2.05, 4.69) is 30.9 Å². The fourth-order valence-corrected chi connectivity index (χ4v) is 1.47. The van der Waals surface area contributed by atoms with Crippen LogP contribution in [0.1, 0.15) is 11.6 Å². The lowest BCUT2D eigenvalue weighted by molar-refractivity contribution is -0.142. The van der Waals surface area contributed by atoms with Crippen molar-refractivity contribution < 1.29 is 9.53 Å². The third-order valence-corrected chi connectivity index (χ3v) is 2.32. The standard InChI is InChI=1S/C7H10BrN3O2/c1-13-7(12)4(2-9)6-5(8)3-10-11-6/h3-4H,2,9H2,1H3,(H,10,11). The lowest BCUT2D eigenvalue weighted by Gasteiger charge is -2.10. The third-order valence-electron chi connectivity index (χ3n) is 1.69. The van der Waals surface area contributed by atoms with Crippen molar-refractivity contribution >= 4 is 21.9 Å². The summed E-state index contributed by atoms with van der Waals surface area (Å²) in [5.41, 5.74) is 6.09. The first-order valence-corrected chi connectivity index (χ1v) is 4.46. The molecule has 6 heteroatoms. The van der Waals surface area contributed by atoms with Gasteiger partial charge in [-0.05, 0) is 15.9 Å². The first-order valence-electron chi connectivity index (χ1n) is 3.67. The van der Waals surface area contributed by atoms with Crippen LogP contribution in [0.4, 0.5) is 0 Å². The van der Waals surface area contributed by atoms with Crippen molar-refractivity contribution in [2.75, 3.05) is 13.7 Å². The summed E-state index contributed by atoms with van der Waals surface area (Å²) in [6.07, 6.45) is 1.57. The Bertz CT molecular complexity index is 300. The number of methoxy groups -OCH3 is 1. The lowest BCUT2D eigenvalue weighted by Crippen LogP contribution is -2.23. The number of hydrogen-bond acceptors (Lipinski definition) is 4. The number of aromatic amines is 1. The van der Waals surface area contributed by atoms with Crippen molar-refractivity contribution in [2.24, 2.45) is 5.73 Å². The van der Waals surface area contributed by atoms with Gasteiger partial charge in [0.15, 0.2) is 0 Å². The molecule has 1 aromatic rings. The van der Waals surface area contributed by atoms with E-state index in [-0.39, 0.29) is 12.5 Å². The molecule has 0 saturated carbocycles. The summed E-state index contributed by atoms with van der Waals surface area (Å²) in [5.74, 6) is -0.852. The second kappa shape index (κ2) is 4.38. The molecular formula is C7H10BrN3O2. The molecule has 72 valence electrons. The van der Waals surface area contributed by atoms with Gasteiger partial charge in [0.05, 0.1) is 23.5 Å². The van der Waals surface area contributed by atoms with E-state index >= 15 is 0 Å². The minimum Gasteiger partial charge on any atom is -0.468 e. The topological polar surface area (TPSA) is 81.0 Å². The largest absolute Gasteiger partial charge is 0.468 e. The molecule has 1 rings (SSSR count). The lowest BCUT2D eigenvalue weighted by atomic mass is 10.1. The molecule has 0 aliphatic carbocycles. The smallest absolute Gasteiger partial charge is 0.316 e. The maximum atomic E-state index is 11.2. The van der Waals surface area contributed by atoms with E-state index in [9.17, 15) is 4.79 Å². The molecule has 0 aliphatic heterocycles. The summed E-state index contributed by atoms with van der Waals surface area (Å²) >= 11 is 3.25. The molecule has 0 aliphatic rings. The average Bonchev–Trinajstić information content (AvgIpc) is 2.53. The normalized spacial score (nSPS) is 12.5. The summed E-state index contributed by atoms with van der Waals surface area (Å²) in [7, 11) is 1.33. The van der Waals surface area contributed by atoms with Crippen LogP contribution in [-0.4, -0.2) is 29.8 Å². The Hall–Kier alpha value is -0.880. The summed E-state index contributed by atoms with van der Waals surface area (Å²) in [6.45, 7) is 0.188. The molecule has 13 heavy (non-hydrogen) atoms. The van der Waals surface area contributed by atoms with E-state index in [4.69, 9.17) is 5.73 Å². The van der Waals surface area contributed by atoms with Crippen molar-refractivity contribution in [3.05, 3.63) is 16.4 Å². The van der Waals surface area contributed by atoms with Gasteiger partial charge < -0.3 is 10.5 Å². The number of ether oxygens (including phenoxy) is 1. The number of rotatable bonds is 3. The van der Waals surface area contributed by atoms with Gasteiger partial charge in [-0.15, -0.1) is 0 Å². The van der Waals surface area contributed by atoms with E-state index in [1.807, 2.05) is 0 Å². The van der Waals surface area contributed by atoms with Crippen LogP contribution in [0, 0.1) is 0 Å². The molecule has 0 spiro atoms. The zero-order valence-corrected chi connectivity index (χ0v) is 8.67. The van der Waals surface area contributed by atoms with Crippen LogP contribution in [0.3, 0.4) is 0 Å². The first kappa shape index (κ1) is 10.2. The van der Waals surface area contributed by atoms with Crippen LogP contribution >= 0.6 is 15.9 Å². The second-order valence-corrected chi connectivity index (χ2v) is 3.30. The molecule has 5 nitrogen and oxygen atoms in total. The van der Waals surface area contributed by atoms with E-state index in [0.29, 0.717) is 5.69 Å². The van der Waals surface area contributed by atoms with Gasteiger partial charge in [-0.3, -0.25) is 9.89 Å². The van der Waals surface area contributed by atoms with Crippen LogP contribution in [0.25, 0.3) is 0 Å². The Morgan fingerprint density at radius 1 is 1.92 bits per heavy atom. The molecule has 1 aromatic heterocycles. The van der Waals surface area contributed by atoms with Crippen molar-refractivity contribution in [1.29, 1.82) is 0 Å². The highest BCUT2D eigenvalue weighted by Gasteiger charge is 2.23. The number of carbonyl (C=O) groups excluding carboxylic acids is 1. The maximum Gasteiger partial charge on any atom is 0.316 e. The van der Waals surface area contributed by atoms with Crippen LogP contribution in [0.5, 0.6) is 0 Å². The summed E-state index contributed by atoms with van der Waals surface area (Å²) in [5, 5.41) is 6.47. The highest BCUT2D eigenvalue weighted by Crippen LogP contribution is 2.22. The molecule has 0 saturated heterocycles. The summed E-state index contributed by atoms with van der Waals surface area (Å²) < 4.78 is 5.32. The van der Waals surface area contributed by atoms with Crippen molar-refractivity contribution in [3.63, 3.8) is 0 Å². The van der Waals surface area contributed by atoms with Gasteiger partial charge in [-0.2, -0.15) is 5.10 Å². The third kappa shape index (κ3) is 2.07. The van der Waals surface area contributed by atoms with E-state index in [1.165, 1.54) is 7.11 Å². The van der Waals surface area contributed by atoms with E-state index in [0.717, 1.165) is 4.47 Å². The molecule has 0 amide bonds. The number of nitrogens with one attached hydrogen (secondary N) is 1. The number of hydrogen-bond donors (Lipinski definition) is 2. The molecule has 0 radical (unpaired) electrons. The highest BCUT2D eigenvalue weighted by molar-refractivity contribution is 9.10. The van der Waals surface area contributed by atoms with Gasteiger partial charge >= 0.3 is 5.97 Å². The Labute approximate surface area is 83.8 Å². The Balaban J connectivity index is 2.90. The molecule has 0 bridgehead atoms. The molecule has 3 N–H and O–H groups in total. The molecule has 0 fully saturated rings. The van der Waals surface area contributed by atoms with Gasteiger partial charge in [0, 0.05) is 6.54 Å². The zero-order chi connectivity index (χ0) is 9.84. The fourth-order valence-electron chi connectivity index (χ4n) is 1.000. The number of halogens is 1. The van der Waals surface area contributed by atoms with Crippen LogP contribution in [0.15, 0.2) is 10.7 Å². The first-order chi connectivity index (χ1) is 6.20. The van der Waals surface area contributed by atoms with Crippen molar-refractivity contribution in [3.8, 4) is 0 Å². The SMILES string of the molecule is COC(=O)C(CN)c1[nH]ncc1Br. The quantitative estimate of drug-likeness (QED) is 0.758. The average molecular weight is 248 g/mol. The number of carbonyl (C=O) groups is 1. The summed E-state index contributed by atoms with van der Waals surface area (Å²) in [6, 6.07) is 0. The highest BCUT2D eigenvalue weighted by atomic mass is 79.9. The molecular weight excluding hydrogens is 238 g/mol. The number of aromatic nitrogens is 2. The monoisotopic (exact) mass is 247 g/mol. The zero-order valence-electron chi connectivity index (χ0n) is 7.08. The van der Waals surface area contributed by atoms with Gasteiger partial charge in [0.25, 0.3) is 0 Å². The van der Waals surface area contributed by atoms with Gasteiger partial charge in [0.2, 0.25) is 0 Å². The summed E-state index contributed by atoms with van der Waals surface area (Å²) in [4.78, 5) is 11.2. The van der Waals surface area contributed by atoms with Gasteiger partial charge in [-0.1, -0.05) is 0 Å². The molecule has 1 heterocycles. The minimum absolute atomic E-state index is 0.188. The number of nitrogens with zero attached hydrogens (tertiary/aromatic N) is 1. The van der Waals surface area contributed by atoms with Crippen molar-refractivity contribution in [1.82, 2.24) is 10.2 Å². The van der Waals surface area contributed by atoms with Crippen LogP contribution in [0.2, 0.25) is 0 Å². The molecule has 1 atom stereocenters. The molecule has 0 aromatic carbocycles. The number of nitrogens with two attached hydrogens (primary N) is 1. The van der Waals surface area contributed by atoms with Crippen molar-refractivity contribution in [2.45, 2.75) is 5.92 Å². The van der Waals surface area contributed by atoms with Crippen LogP contribution < -0.4 is 5.73 Å². The Kier molecular flexibility index (Phi) is 3.44. The second-order valence-electron chi connectivity index (χ2n) is 2.44. The predicted octanol–water partition coefficient (Wildman–Crippen LogP) is 0.388. The van der Waals surface area contributed by atoms with Gasteiger partial charge in [-0.25, -0.2) is 0 Å². The molecule has 1 unspecified atom stereocenters. The van der Waals surface area contributed by atoms with E-state index in [1.54, 1.807) is 6.20 Å².